The van der Waals surface area contributed by atoms with Gasteiger partial charge in [-0.2, -0.15) is 5.26 Å². The third kappa shape index (κ3) is 2.49. The predicted octanol–water partition coefficient (Wildman–Crippen LogP) is 2.55. The summed E-state index contributed by atoms with van der Waals surface area (Å²) in [7, 11) is 0. The number of hydrogen-bond donors (Lipinski definition) is 1. The second kappa shape index (κ2) is 5.41. The zero-order valence-electron chi connectivity index (χ0n) is 10.9. The molecule has 0 aromatic heterocycles. The molecule has 1 atom stereocenters. The van der Waals surface area contributed by atoms with Crippen LogP contribution in [0.2, 0.25) is 0 Å². The summed E-state index contributed by atoms with van der Waals surface area (Å²) in [6.07, 6.45) is 3.23. The van der Waals surface area contributed by atoms with Crippen molar-refractivity contribution in [3.8, 4) is 6.07 Å². The Kier molecular flexibility index (Phi) is 3.88. The third-order valence-corrected chi connectivity index (χ3v) is 4.11. The molecular formula is C15H20N2O. The van der Waals surface area contributed by atoms with Gasteiger partial charge >= 0.3 is 0 Å². The first-order chi connectivity index (χ1) is 8.73. The second-order valence-corrected chi connectivity index (χ2v) is 5.20. The van der Waals surface area contributed by atoms with E-state index in [1.807, 2.05) is 24.3 Å². The van der Waals surface area contributed by atoms with Gasteiger partial charge in [0.15, 0.2) is 0 Å². The molecule has 0 spiro atoms. The summed E-state index contributed by atoms with van der Waals surface area (Å²) in [5.74, 6) is 0. The molecule has 1 fully saturated rings. The van der Waals surface area contributed by atoms with Crippen LogP contribution in [0, 0.1) is 16.7 Å². The second-order valence-electron chi connectivity index (χ2n) is 5.20. The number of aliphatic hydroxyl groups is 1. The summed E-state index contributed by atoms with van der Waals surface area (Å²) in [4.78, 5) is 2.32. The van der Waals surface area contributed by atoms with E-state index in [4.69, 9.17) is 5.26 Å². The van der Waals surface area contributed by atoms with Gasteiger partial charge in [-0.15, -0.1) is 0 Å². The molecule has 0 aliphatic carbocycles. The van der Waals surface area contributed by atoms with Crippen molar-refractivity contribution in [1.82, 2.24) is 0 Å². The number of nitriles is 1. The molecule has 0 unspecified atom stereocenters. The van der Waals surface area contributed by atoms with Crippen LogP contribution in [-0.4, -0.2) is 24.8 Å². The lowest BCUT2D eigenvalue weighted by Gasteiger charge is -2.42. The molecule has 1 aliphatic rings. The van der Waals surface area contributed by atoms with E-state index in [0.29, 0.717) is 5.56 Å². The Morgan fingerprint density at radius 2 is 2.11 bits per heavy atom. The van der Waals surface area contributed by atoms with E-state index in [9.17, 15) is 5.11 Å². The van der Waals surface area contributed by atoms with Crippen molar-refractivity contribution in [1.29, 1.82) is 5.26 Å². The normalized spacial score (nSPS) is 23.7. The molecule has 0 amide bonds. The molecule has 1 aromatic rings. The highest BCUT2D eigenvalue weighted by atomic mass is 16.3. The van der Waals surface area contributed by atoms with Gasteiger partial charge in [0.1, 0.15) is 0 Å². The monoisotopic (exact) mass is 244 g/mol. The SMILES string of the molecule is CC[C@]1(CO)CCCN(c2ccc(C#N)cc2)C1. The van der Waals surface area contributed by atoms with Crippen LogP contribution in [0.3, 0.4) is 0 Å². The van der Waals surface area contributed by atoms with Crippen molar-refractivity contribution < 1.29 is 5.11 Å². The van der Waals surface area contributed by atoms with Crippen LogP contribution >= 0.6 is 0 Å². The van der Waals surface area contributed by atoms with E-state index in [0.717, 1.165) is 38.0 Å². The highest BCUT2D eigenvalue weighted by molar-refractivity contribution is 5.50. The number of nitrogens with zero attached hydrogens (tertiary/aromatic N) is 2. The van der Waals surface area contributed by atoms with E-state index in [-0.39, 0.29) is 12.0 Å². The molecule has 1 N–H and O–H groups in total. The van der Waals surface area contributed by atoms with Crippen LogP contribution in [-0.2, 0) is 0 Å². The van der Waals surface area contributed by atoms with Gasteiger partial charge in [-0.25, -0.2) is 0 Å². The first-order valence-electron chi connectivity index (χ1n) is 6.59. The molecule has 96 valence electrons. The Balaban J connectivity index is 2.15. The van der Waals surface area contributed by atoms with E-state index >= 15 is 0 Å². The standard InChI is InChI=1S/C15H20N2O/c1-2-15(12-18)8-3-9-17(11-15)14-6-4-13(10-16)5-7-14/h4-7,18H,2-3,8-9,11-12H2,1H3/t15-/m0/s1. The van der Waals surface area contributed by atoms with Crippen molar-refractivity contribution in [3.63, 3.8) is 0 Å². The maximum absolute atomic E-state index is 9.62. The largest absolute Gasteiger partial charge is 0.396 e. The van der Waals surface area contributed by atoms with Gasteiger partial charge in [-0.3, -0.25) is 0 Å². The van der Waals surface area contributed by atoms with Gasteiger partial charge in [-0.05, 0) is 43.5 Å². The molecule has 0 saturated carbocycles. The van der Waals surface area contributed by atoms with Crippen LogP contribution in [0.5, 0.6) is 0 Å². The smallest absolute Gasteiger partial charge is 0.0991 e. The van der Waals surface area contributed by atoms with E-state index in [1.54, 1.807) is 0 Å². The topological polar surface area (TPSA) is 47.3 Å². The Hall–Kier alpha value is -1.53. The predicted molar refractivity (Wildman–Crippen MR) is 72.4 cm³/mol. The molecule has 0 radical (unpaired) electrons. The molecule has 1 aromatic carbocycles. The van der Waals surface area contributed by atoms with Crippen LogP contribution in [0.25, 0.3) is 0 Å². The lowest BCUT2D eigenvalue weighted by molar-refractivity contribution is 0.101. The summed E-state index contributed by atoms with van der Waals surface area (Å²) in [5, 5.41) is 18.4. The maximum Gasteiger partial charge on any atom is 0.0991 e. The highest BCUT2D eigenvalue weighted by Gasteiger charge is 2.33. The van der Waals surface area contributed by atoms with Crippen molar-refractivity contribution in [2.24, 2.45) is 5.41 Å². The zero-order chi connectivity index (χ0) is 13.0. The molecule has 2 rings (SSSR count). The Morgan fingerprint density at radius 1 is 1.39 bits per heavy atom. The minimum Gasteiger partial charge on any atom is -0.396 e. The van der Waals surface area contributed by atoms with Gasteiger partial charge in [0.05, 0.1) is 18.2 Å². The Labute approximate surface area is 109 Å². The highest BCUT2D eigenvalue weighted by Crippen LogP contribution is 2.34. The van der Waals surface area contributed by atoms with E-state index < -0.39 is 0 Å². The van der Waals surface area contributed by atoms with Crippen LogP contribution in [0.4, 0.5) is 5.69 Å². The van der Waals surface area contributed by atoms with Gasteiger partial charge in [-0.1, -0.05) is 6.92 Å². The van der Waals surface area contributed by atoms with E-state index in [1.165, 1.54) is 0 Å². The van der Waals surface area contributed by atoms with E-state index in [2.05, 4.69) is 17.9 Å². The molecule has 1 saturated heterocycles. The average Bonchev–Trinajstić information content (AvgIpc) is 2.47. The lowest BCUT2D eigenvalue weighted by atomic mass is 9.78. The summed E-state index contributed by atoms with van der Waals surface area (Å²) >= 11 is 0. The van der Waals surface area contributed by atoms with Crippen molar-refractivity contribution in [2.75, 3.05) is 24.6 Å². The molecular weight excluding hydrogens is 224 g/mol. The number of aliphatic hydroxyl groups excluding tert-OH is 1. The molecule has 18 heavy (non-hydrogen) atoms. The number of hydrogen-bond acceptors (Lipinski definition) is 3. The molecule has 1 heterocycles. The summed E-state index contributed by atoms with van der Waals surface area (Å²) in [6, 6.07) is 9.86. The zero-order valence-corrected chi connectivity index (χ0v) is 10.9. The minimum atomic E-state index is 0.0478. The lowest BCUT2D eigenvalue weighted by Crippen LogP contribution is -2.45. The quantitative estimate of drug-likeness (QED) is 0.889. The number of piperidine rings is 1. The fraction of sp³-hybridized carbons (Fsp3) is 0.533. The van der Waals surface area contributed by atoms with Crippen LogP contribution in [0.1, 0.15) is 31.7 Å². The Morgan fingerprint density at radius 3 is 2.67 bits per heavy atom. The van der Waals surface area contributed by atoms with Crippen molar-refractivity contribution >= 4 is 5.69 Å². The van der Waals surface area contributed by atoms with Crippen molar-refractivity contribution in [3.05, 3.63) is 29.8 Å². The first kappa shape index (κ1) is 12.9. The summed E-state index contributed by atoms with van der Waals surface area (Å²) in [6.45, 7) is 4.36. The molecule has 3 heteroatoms. The van der Waals surface area contributed by atoms with Gasteiger partial charge in [0.2, 0.25) is 0 Å². The molecule has 0 bridgehead atoms. The maximum atomic E-state index is 9.62. The van der Waals surface area contributed by atoms with Gasteiger partial charge in [0.25, 0.3) is 0 Å². The van der Waals surface area contributed by atoms with Crippen LogP contribution in [0.15, 0.2) is 24.3 Å². The van der Waals surface area contributed by atoms with Crippen molar-refractivity contribution in [2.45, 2.75) is 26.2 Å². The summed E-state index contributed by atoms with van der Waals surface area (Å²) < 4.78 is 0. The number of rotatable bonds is 3. The average molecular weight is 244 g/mol. The molecule has 3 nitrogen and oxygen atoms in total. The fourth-order valence-corrected chi connectivity index (χ4v) is 2.70. The molecule has 1 aliphatic heterocycles. The number of benzene rings is 1. The Bertz CT molecular complexity index is 429. The third-order valence-electron chi connectivity index (χ3n) is 4.11. The number of anilines is 1. The van der Waals surface area contributed by atoms with Crippen LogP contribution < -0.4 is 4.90 Å². The summed E-state index contributed by atoms with van der Waals surface area (Å²) in [5.41, 5.74) is 1.89. The minimum absolute atomic E-state index is 0.0478. The fourth-order valence-electron chi connectivity index (χ4n) is 2.70. The van der Waals surface area contributed by atoms with Gasteiger partial charge in [0, 0.05) is 24.2 Å². The van der Waals surface area contributed by atoms with Gasteiger partial charge < -0.3 is 10.0 Å². The first-order valence-corrected chi connectivity index (χ1v) is 6.59.